The molecule has 1 rings (SSSR count). The molecule has 2 N–H and O–H groups in total. The van der Waals surface area contributed by atoms with Crippen molar-refractivity contribution in [2.75, 3.05) is 12.4 Å². The summed E-state index contributed by atoms with van der Waals surface area (Å²) in [7, 11) is -8.19. The molecule has 0 bridgehead atoms. The number of aliphatic hydroxyl groups is 1. The Morgan fingerprint density at radius 3 is 2.24 bits per heavy atom. The summed E-state index contributed by atoms with van der Waals surface area (Å²) in [5, 5.41) is 8.60. The summed E-state index contributed by atoms with van der Waals surface area (Å²) in [6.45, 7) is 0.878. The SMILES string of the molecule is Cc1ccc(S(=O)(=O)CCO)cc1S(=O)(=O)O. The zero-order valence-corrected chi connectivity index (χ0v) is 10.6. The molecule has 1 aromatic carbocycles. The van der Waals surface area contributed by atoms with Gasteiger partial charge in [-0.1, -0.05) is 6.07 Å². The van der Waals surface area contributed by atoms with E-state index in [1.807, 2.05) is 0 Å². The van der Waals surface area contributed by atoms with Crippen molar-refractivity contribution in [1.82, 2.24) is 0 Å². The third-order valence-corrected chi connectivity index (χ3v) is 4.84. The maximum absolute atomic E-state index is 11.6. The van der Waals surface area contributed by atoms with Gasteiger partial charge in [0.2, 0.25) is 0 Å². The zero-order valence-electron chi connectivity index (χ0n) is 8.99. The van der Waals surface area contributed by atoms with Gasteiger partial charge in [-0.25, -0.2) is 8.42 Å². The number of hydrogen-bond acceptors (Lipinski definition) is 5. The van der Waals surface area contributed by atoms with Crippen molar-refractivity contribution in [3.63, 3.8) is 0 Å². The van der Waals surface area contributed by atoms with Gasteiger partial charge in [-0.15, -0.1) is 0 Å². The number of sulfone groups is 1. The first-order chi connectivity index (χ1) is 7.68. The Hall–Kier alpha value is -0.960. The third kappa shape index (κ3) is 3.25. The minimum atomic E-state index is -4.46. The van der Waals surface area contributed by atoms with Crippen LogP contribution < -0.4 is 0 Å². The minimum Gasteiger partial charge on any atom is -0.395 e. The van der Waals surface area contributed by atoms with Crippen LogP contribution in [-0.2, 0) is 20.0 Å². The maximum Gasteiger partial charge on any atom is 0.294 e. The molecule has 0 heterocycles. The van der Waals surface area contributed by atoms with Gasteiger partial charge in [-0.05, 0) is 24.6 Å². The highest BCUT2D eigenvalue weighted by atomic mass is 32.2. The van der Waals surface area contributed by atoms with Crippen molar-refractivity contribution in [2.24, 2.45) is 0 Å². The normalized spacial score (nSPS) is 12.6. The van der Waals surface area contributed by atoms with Gasteiger partial charge in [0.25, 0.3) is 10.1 Å². The average Bonchev–Trinajstić information content (AvgIpc) is 2.15. The molecule has 0 saturated carbocycles. The van der Waals surface area contributed by atoms with Gasteiger partial charge in [-0.2, -0.15) is 8.42 Å². The zero-order chi connectivity index (χ0) is 13.3. The number of hydrogen-bond donors (Lipinski definition) is 2. The fourth-order valence-electron chi connectivity index (χ4n) is 1.29. The molecule has 0 atom stereocenters. The lowest BCUT2D eigenvalue weighted by Crippen LogP contribution is -2.11. The molecule has 0 spiro atoms. The summed E-state index contributed by atoms with van der Waals surface area (Å²) >= 11 is 0. The molecule has 0 amide bonds. The van der Waals surface area contributed by atoms with Crippen LogP contribution >= 0.6 is 0 Å². The lowest BCUT2D eigenvalue weighted by Gasteiger charge is -2.06. The molecule has 0 radical (unpaired) electrons. The molecular formula is C9H12O6S2. The summed E-state index contributed by atoms with van der Waals surface area (Å²) in [5.74, 6) is -0.499. The van der Waals surface area contributed by atoms with Crippen molar-refractivity contribution < 1.29 is 26.5 Å². The van der Waals surface area contributed by atoms with Gasteiger partial charge in [0.1, 0.15) is 0 Å². The number of rotatable bonds is 4. The molecule has 0 unspecified atom stereocenters. The van der Waals surface area contributed by atoms with Crippen LogP contribution in [0.4, 0.5) is 0 Å². The molecule has 0 aliphatic rings. The van der Waals surface area contributed by atoms with Crippen LogP contribution in [0.3, 0.4) is 0 Å². The van der Waals surface area contributed by atoms with Crippen LogP contribution in [0.5, 0.6) is 0 Å². The van der Waals surface area contributed by atoms with E-state index >= 15 is 0 Å². The van der Waals surface area contributed by atoms with Crippen molar-refractivity contribution in [1.29, 1.82) is 0 Å². The van der Waals surface area contributed by atoms with Gasteiger partial charge in [0, 0.05) is 0 Å². The van der Waals surface area contributed by atoms with Crippen LogP contribution in [0.15, 0.2) is 28.0 Å². The highest BCUT2D eigenvalue weighted by Crippen LogP contribution is 2.20. The van der Waals surface area contributed by atoms with Crippen LogP contribution in [0, 0.1) is 6.92 Å². The number of aliphatic hydroxyl groups excluding tert-OH is 1. The first-order valence-electron chi connectivity index (χ1n) is 4.60. The van der Waals surface area contributed by atoms with Gasteiger partial charge in [0.15, 0.2) is 9.84 Å². The molecule has 17 heavy (non-hydrogen) atoms. The van der Waals surface area contributed by atoms with Gasteiger partial charge in [0.05, 0.1) is 22.2 Å². The van der Waals surface area contributed by atoms with Crippen molar-refractivity contribution in [2.45, 2.75) is 16.7 Å². The van der Waals surface area contributed by atoms with Crippen molar-refractivity contribution >= 4 is 20.0 Å². The van der Waals surface area contributed by atoms with E-state index in [1.54, 1.807) is 0 Å². The standard InChI is InChI=1S/C9H12O6S2/c1-7-2-3-8(16(11,12)5-4-10)6-9(7)17(13,14)15/h2-3,6,10H,4-5H2,1H3,(H,13,14,15). The Kier molecular flexibility index (Phi) is 3.92. The molecule has 96 valence electrons. The van der Waals surface area contributed by atoms with E-state index in [-0.39, 0.29) is 10.5 Å². The Labute approximate surface area is 99.6 Å². The van der Waals surface area contributed by atoms with E-state index in [4.69, 9.17) is 9.66 Å². The van der Waals surface area contributed by atoms with E-state index < -0.39 is 37.2 Å². The Balaban J connectivity index is 3.43. The molecule has 0 aliphatic heterocycles. The Morgan fingerprint density at radius 1 is 1.18 bits per heavy atom. The summed E-state index contributed by atoms with van der Waals surface area (Å²) in [6, 6.07) is 3.40. The molecule has 6 nitrogen and oxygen atoms in total. The molecule has 8 heteroatoms. The quantitative estimate of drug-likeness (QED) is 0.752. The second-order valence-electron chi connectivity index (χ2n) is 3.44. The Bertz CT molecular complexity index is 615. The van der Waals surface area contributed by atoms with Crippen LogP contribution in [0.25, 0.3) is 0 Å². The predicted octanol–water partition coefficient (Wildman–Crippen LogP) is 0.00772. The predicted molar refractivity (Wildman–Crippen MR) is 60.1 cm³/mol. The highest BCUT2D eigenvalue weighted by molar-refractivity contribution is 7.91. The van der Waals surface area contributed by atoms with E-state index in [0.29, 0.717) is 0 Å². The van der Waals surface area contributed by atoms with Gasteiger partial charge < -0.3 is 5.11 Å². The lowest BCUT2D eigenvalue weighted by molar-refractivity contribution is 0.319. The molecule has 0 aromatic heterocycles. The van der Waals surface area contributed by atoms with E-state index in [1.165, 1.54) is 19.1 Å². The molecule has 0 saturated heterocycles. The summed E-state index contributed by atoms with van der Waals surface area (Å²) in [5.41, 5.74) is 0.246. The van der Waals surface area contributed by atoms with Crippen LogP contribution in [0.1, 0.15) is 5.56 Å². The van der Waals surface area contributed by atoms with Gasteiger partial charge >= 0.3 is 0 Å². The molecule has 0 aliphatic carbocycles. The summed E-state index contributed by atoms with van der Waals surface area (Å²) in [4.78, 5) is -0.693. The summed E-state index contributed by atoms with van der Waals surface area (Å²) in [6.07, 6.45) is 0. The van der Waals surface area contributed by atoms with Crippen molar-refractivity contribution in [3.8, 4) is 0 Å². The Morgan fingerprint density at radius 2 is 1.76 bits per heavy atom. The topological polar surface area (TPSA) is 109 Å². The molecule has 0 fully saturated rings. The van der Waals surface area contributed by atoms with E-state index in [9.17, 15) is 16.8 Å². The highest BCUT2D eigenvalue weighted by Gasteiger charge is 2.19. The maximum atomic E-state index is 11.6. The average molecular weight is 280 g/mol. The third-order valence-electron chi connectivity index (χ3n) is 2.16. The fourth-order valence-corrected chi connectivity index (χ4v) is 3.16. The smallest absolute Gasteiger partial charge is 0.294 e. The molecular weight excluding hydrogens is 268 g/mol. The molecule has 1 aromatic rings. The first kappa shape index (κ1) is 14.1. The lowest BCUT2D eigenvalue weighted by atomic mass is 10.2. The number of benzene rings is 1. The van der Waals surface area contributed by atoms with Crippen molar-refractivity contribution in [3.05, 3.63) is 23.8 Å². The largest absolute Gasteiger partial charge is 0.395 e. The second-order valence-corrected chi connectivity index (χ2v) is 6.94. The van der Waals surface area contributed by atoms with Crippen LogP contribution in [-0.4, -0.2) is 38.9 Å². The monoisotopic (exact) mass is 280 g/mol. The first-order valence-corrected chi connectivity index (χ1v) is 7.69. The minimum absolute atomic E-state index is 0.246. The fraction of sp³-hybridized carbons (Fsp3) is 0.333. The van der Waals surface area contributed by atoms with Crippen LogP contribution in [0.2, 0.25) is 0 Å². The van der Waals surface area contributed by atoms with E-state index in [0.717, 1.165) is 6.07 Å². The summed E-state index contributed by atoms with van der Waals surface area (Å²) < 4.78 is 54.1. The van der Waals surface area contributed by atoms with E-state index in [2.05, 4.69) is 0 Å². The van der Waals surface area contributed by atoms with Gasteiger partial charge in [-0.3, -0.25) is 4.55 Å². The second kappa shape index (κ2) is 4.73. The number of aryl methyl sites for hydroxylation is 1.